The third-order valence-electron chi connectivity index (χ3n) is 3.81. The van der Waals surface area contributed by atoms with Gasteiger partial charge in [-0.2, -0.15) is 0 Å². The van der Waals surface area contributed by atoms with E-state index in [2.05, 4.69) is 5.32 Å². The van der Waals surface area contributed by atoms with Gasteiger partial charge in [0.2, 0.25) is 5.91 Å². The molecular weight excluding hydrogens is 343 g/mol. The van der Waals surface area contributed by atoms with Crippen LogP contribution in [-0.4, -0.2) is 37.5 Å². The standard InChI is InChI=1S/C18H21FN2O3S/c1-11-12(2)25-17(16(11)18(23)24-4)20-15(22)10-21(3)9-13-5-7-14(19)8-6-13/h5-8H,9-10H2,1-4H3,(H,20,22). The number of thiophene rings is 1. The van der Waals surface area contributed by atoms with Crippen molar-refractivity contribution in [2.45, 2.75) is 20.4 Å². The van der Waals surface area contributed by atoms with Crippen LogP contribution in [0.3, 0.4) is 0 Å². The van der Waals surface area contributed by atoms with Gasteiger partial charge >= 0.3 is 5.97 Å². The van der Waals surface area contributed by atoms with Crippen molar-refractivity contribution in [2.75, 3.05) is 26.0 Å². The van der Waals surface area contributed by atoms with Gasteiger partial charge in [-0.1, -0.05) is 12.1 Å². The van der Waals surface area contributed by atoms with E-state index in [4.69, 9.17) is 4.74 Å². The summed E-state index contributed by atoms with van der Waals surface area (Å²) in [6.45, 7) is 4.38. The zero-order valence-electron chi connectivity index (χ0n) is 14.7. The summed E-state index contributed by atoms with van der Waals surface area (Å²) in [6, 6.07) is 6.16. The number of benzene rings is 1. The number of anilines is 1. The molecule has 0 spiro atoms. The van der Waals surface area contributed by atoms with Crippen molar-refractivity contribution in [1.82, 2.24) is 4.90 Å². The highest BCUT2D eigenvalue weighted by Crippen LogP contribution is 2.32. The fourth-order valence-corrected chi connectivity index (χ4v) is 3.50. The topological polar surface area (TPSA) is 58.6 Å². The number of hydrogen-bond acceptors (Lipinski definition) is 5. The van der Waals surface area contributed by atoms with Crippen LogP contribution in [0, 0.1) is 19.7 Å². The summed E-state index contributed by atoms with van der Waals surface area (Å²) in [7, 11) is 3.12. The lowest BCUT2D eigenvalue weighted by atomic mass is 10.1. The Balaban J connectivity index is 2.01. The molecule has 0 bridgehead atoms. The van der Waals surface area contributed by atoms with E-state index >= 15 is 0 Å². The first-order valence-corrected chi connectivity index (χ1v) is 8.54. The average molecular weight is 364 g/mol. The molecule has 0 saturated carbocycles. The number of rotatable bonds is 6. The van der Waals surface area contributed by atoms with Gasteiger partial charge in [0, 0.05) is 11.4 Å². The van der Waals surface area contributed by atoms with Gasteiger partial charge in [0.25, 0.3) is 0 Å². The van der Waals surface area contributed by atoms with Crippen molar-refractivity contribution < 1.29 is 18.7 Å². The Hall–Kier alpha value is -2.25. The smallest absolute Gasteiger partial charge is 0.341 e. The Bertz CT molecular complexity index is 771. The molecule has 0 aliphatic heterocycles. The predicted octanol–water partition coefficient (Wildman–Crippen LogP) is 3.36. The van der Waals surface area contributed by atoms with Crippen LogP contribution in [0.1, 0.15) is 26.4 Å². The van der Waals surface area contributed by atoms with Crippen LogP contribution in [0.25, 0.3) is 0 Å². The number of hydrogen-bond donors (Lipinski definition) is 1. The van der Waals surface area contributed by atoms with Crippen LogP contribution in [0.2, 0.25) is 0 Å². The van der Waals surface area contributed by atoms with Crippen LogP contribution in [-0.2, 0) is 16.1 Å². The fourth-order valence-electron chi connectivity index (χ4n) is 2.43. The van der Waals surface area contributed by atoms with Crippen molar-refractivity contribution in [3.8, 4) is 0 Å². The molecular formula is C18H21FN2O3S. The molecule has 0 radical (unpaired) electrons. The number of ether oxygens (including phenoxy) is 1. The highest BCUT2D eigenvalue weighted by molar-refractivity contribution is 7.16. The summed E-state index contributed by atoms with van der Waals surface area (Å²) in [6.07, 6.45) is 0. The van der Waals surface area contributed by atoms with Crippen molar-refractivity contribution in [3.63, 3.8) is 0 Å². The van der Waals surface area contributed by atoms with Gasteiger partial charge in [-0.25, -0.2) is 9.18 Å². The number of methoxy groups -OCH3 is 1. The first-order valence-electron chi connectivity index (χ1n) is 7.73. The molecule has 134 valence electrons. The summed E-state index contributed by atoms with van der Waals surface area (Å²) < 4.78 is 17.7. The molecule has 1 heterocycles. The zero-order valence-corrected chi connectivity index (χ0v) is 15.5. The number of amides is 1. The molecule has 7 heteroatoms. The lowest BCUT2D eigenvalue weighted by Crippen LogP contribution is -2.30. The molecule has 1 aromatic carbocycles. The maximum atomic E-state index is 12.9. The zero-order chi connectivity index (χ0) is 18.6. The van der Waals surface area contributed by atoms with E-state index in [1.54, 1.807) is 19.2 Å². The average Bonchev–Trinajstić information content (AvgIpc) is 2.82. The summed E-state index contributed by atoms with van der Waals surface area (Å²) in [4.78, 5) is 27.0. The quantitative estimate of drug-likeness (QED) is 0.799. The molecule has 2 rings (SSSR count). The SMILES string of the molecule is COC(=O)c1c(NC(=O)CN(C)Cc2ccc(F)cc2)sc(C)c1C. The summed E-state index contributed by atoms with van der Waals surface area (Å²) in [5.41, 5.74) is 2.13. The Morgan fingerprint density at radius 3 is 2.48 bits per heavy atom. The lowest BCUT2D eigenvalue weighted by molar-refractivity contribution is -0.117. The highest BCUT2D eigenvalue weighted by Gasteiger charge is 2.21. The van der Waals surface area contributed by atoms with Crippen molar-refractivity contribution >= 4 is 28.2 Å². The third kappa shape index (κ3) is 4.87. The van der Waals surface area contributed by atoms with Crippen LogP contribution in [0.4, 0.5) is 9.39 Å². The Morgan fingerprint density at radius 1 is 1.24 bits per heavy atom. The van der Waals surface area contributed by atoms with Crippen LogP contribution >= 0.6 is 11.3 Å². The molecule has 5 nitrogen and oxygen atoms in total. The largest absolute Gasteiger partial charge is 0.465 e. The number of esters is 1. The van der Waals surface area contributed by atoms with Gasteiger partial charge in [0.15, 0.2) is 0 Å². The van der Waals surface area contributed by atoms with Crippen LogP contribution < -0.4 is 5.32 Å². The van der Waals surface area contributed by atoms with Gasteiger partial charge in [0.1, 0.15) is 10.8 Å². The molecule has 0 unspecified atom stereocenters. The molecule has 0 fully saturated rings. The number of nitrogens with zero attached hydrogens (tertiary/aromatic N) is 1. The molecule has 1 amide bonds. The molecule has 1 aromatic heterocycles. The molecule has 0 atom stereocenters. The van der Waals surface area contributed by atoms with E-state index in [0.29, 0.717) is 17.1 Å². The van der Waals surface area contributed by atoms with E-state index < -0.39 is 5.97 Å². The van der Waals surface area contributed by atoms with E-state index in [1.807, 2.05) is 18.7 Å². The molecule has 1 N–H and O–H groups in total. The Kier molecular flexibility index (Phi) is 6.27. The second-order valence-corrected chi connectivity index (χ2v) is 7.05. The predicted molar refractivity (Wildman–Crippen MR) is 96.5 cm³/mol. The van der Waals surface area contributed by atoms with Gasteiger partial charge < -0.3 is 10.1 Å². The fraction of sp³-hybridized carbons (Fsp3) is 0.333. The van der Waals surface area contributed by atoms with Gasteiger partial charge in [-0.15, -0.1) is 11.3 Å². The highest BCUT2D eigenvalue weighted by atomic mass is 32.1. The number of likely N-dealkylation sites (N-methyl/N-ethyl adjacent to an activating group) is 1. The first kappa shape index (κ1) is 19.1. The molecule has 2 aromatic rings. The molecule has 0 aliphatic rings. The van der Waals surface area contributed by atoms with E-state index in [0.717, 1.165) is 16.0 Å². The molecule has 0 aliphatic carbocycles. The second kappa shape index (κ2) is 8.22. The Morgan fingerprint density at radius 2 is 1.88 bits per heavy atom. The van der Waals surface area contributed by atoms with Crippen molar-refractivity contribution in [3.05, 3.63) is 51.7 Å². The van der Waals surface area contributed by atoms with Crippen LogP contribution in [0.15, 0.2) is 24.3 Å². The minimum Gasteiger partial charge on any atom is -0.465 e. The number of carbonyl (C=O) groups excluding carboxylic acids is 2. The number of carbonyl (C=O) groups is 2. The molecule has 25 heavy (non-hydrogen) atoms. The van der Waals surface area contributed by atoms with E-state index in [9.17, 15) is 14.0 Å². The number of aryl methyl sites for hydroxylation is 1. The Labute approximate surface area is 150 Å². The second-order valence-electron chi connectivity index (χ2n) is 5.83. The maximum absolute atomic E-state index is 12.9. The van der Waals surface area contributed by atoms with E-state index in [1.165, 1.54) is 30.6 Å². The summed E-state index contributed by atoms with van der Waals surface area (Å²) in [5.74, 6) is -0.976. The maximum Gasteiger partial charge on any atom is 0.341 e. The summed E-state index contributed by atoms with van der Waals surface area (Å²) >= 11 is 1.35. The van der Waals surface area contributed by atoms with Gasteiger partial charge in [-0.3, -0.25) is 9.69 Å². The normalized spacial score (nSPS) is 10.8. The molecule has 0 saturated heterocycles. The van der Waals surface area contributed by atoms with Gasteiger partial charge in [-0.05, 0) is 44.2 Å². The number of nitrogens with one attached hydrogen (secondary N) is 1. The van der Waals surface area contributed by atoms with Crippen molar-refractivity contribution in [1.29, 1.82) is 0 Å². The van der Waals surface area contributed by atoms with Gasteiger partial charge in [0.05, 0.1) is 19.2 Å². The lowest BCUT2D eigenvalue weighted by Gasteiger charge is -2.16. The minimum atomic E-state index is -0.461. The van der Waals surface area contributed by atoms with Crippen molar-refractivity contribution in [2.24, 2.45) is 0 Å². The van der Waals surface area contributed by atoms with Crippen LogP contribution in [0.5, 0.6) is 0 Å². The van der Waals surface area contributed by atoms with E-state index in [-0.39, 0.29) is 18.3 Å². The first-order chi connectivity index (χ1) is 11.8. The third-order valence-corrected chi connectivity index (χ3v) is 4.93. The summed E-state index contributed by atoms with van der Waals surface area (Å²) in [5, 5.41) is 3.29. The monoisotopic (exact) mass is 364 g/mol. The minimum absolute atomic E-state index is 0.147. The number of halogens is 1.